The molecule has 2 rings (SSSR count). The van der Waals surface area contributed by atoms with Gasteiger partial charge in [-0.05, 0) is 11.4 Å². The van der Waals surface area contributed by atoms with Crippen molar-refractivity contribution in [3.63, 3.8) is 0 Å². The van der Waals surface area contributed by atoms with Gasteiger partial charge in [0.15, 0.2) is 0 Å². The van der Waals surface area contributed by atoms with Crippen LogP contribution >= 0.6 is 11.3 Å². The fourth-order valence-corrected chi connectivity index (χ4v) is 4.55. The Morgan fingerprint density at radius 1 is 1.45 bits per heavy atom. The zero-order valence-corrected chi connectivity index (χ0v) is 13.4. The summed E-state index contributed by atoms with van der Waals surface area (Å²) in [6.45, 7) is 4.99. The van der Waals surface area contributed by atoms with Gasteiger partial charge in [0.2, 0.25) is 10.0 Å². The van der Waals surface area contributed by atoms with E-state index in [-0.39, 0.29) is 11.4 Å². The molecule has 0 atom stereocenters. The smallest absolute Gasteiger partial charge is 0.241 e. The van der Waals surface area contributed by atoms with Crippen LogP contribution < -0.4 is 4.72 Å². The van der Waals surface area contributed by atoms with Crippen molar-refractivity contribution >= 4 is 21.4 Å². The van der Waals surface area contributed by atoms with Crippen molar-refractivity contribution in [2.75, 3.05) is 19.8 Å². The van der Waals surface area contributed by atoms with Crippen LogP contribution in [0, 0.1) is 5.41 Å². The standard InChI is InChI=1S/C13H21NO4S2/c1-12(2,13(15)4-6-18-7-5-13)10-14-20(16,17)11-3-8-19-9-11/h3,8-9,14-15H,4-7,10H2,1-2H3. The Bertz CT molecular complexity index is 531. The van der Waals surface area contributed by atoms with E-state index < -0.39 is 21.0 Å². The van der Waals surface area contributed by atoms with Gasteiger partial charge in [0.05, 0.1) is 10.5 Å². The molecule has 1 aromatic rings. The molecule has 0 saturated carbocycles. The van der Waals surface area contributed by atoms with E-state index in [9.17, 15) is 13.5 Å². The summed E-state index contributed by atoms with van der Waals surface area (Å²) >= 11 is 1.34. The molecule has 0 spiro atoms. The Kier molecular flexibility index (Phi) is 4.56. The minimum atomic E-state index is -3.50. The maximum atomic E-state index is 12.1. The Labute approximate surface area is 124 Å². The SMILES string of the molecule is CC(C)(CNS(=O)(=O)c1ccsc1)C1(O)CCOCC1. The van der Waals surface area contributed by atoms with Crippen molar-refractivity contribution in [3.05, 3.63) is 16.8 Å². The van der Waals surface area contributed by atoms with Crippen LogP contribution in [0.15, 0.2) is 21.7 Å². The predicted molar refractivity (Wildman–Crippen MR) is 78.3 cm³/mol. The first-order valence-corrected chi connectivity index (χ1v) is 9.01. The van der Waals surface area contributed by atoms with Crippen LogP contribution in [0.5, 0.6) is 0 Å². The molecule has 1 aliphatic rings. The van der Waals surface area contributed by atoms with Gasteiger partial charge in [0, 0.05) is 43.4 Å². The van der Waals surface area contributed by atoms with Gasteiger partial charge in [-0.2, -0.15) is 11.3 Å². The molecule has 7 heteroatoms. The monoisotopic (exact) mass is 319 g/mol. The molecule has 1 aromatic heterocycles. The van der Waals surface area contributed by atoms with Crippen LogP contribution in [0.1, 0.15) is 26.7 Å². The number of sulfonamides is 1. The van der Waals surface area contributed by atoms with Crippen molar-refractivity contribution in [2.45, 2.75) is 37.2 Å². The van der Waals surface area contributed by atoms with E-state index in [1.165, 1.54) is 11.3 Å². The van der Waals surface area contributed by atoms with Gasteiger partial charge < -0.3 is 9.84 Å². The number of ether oxygens (including phenoxy) is 1. The zero-order valence-electron chi connectivity index (χ0n) is 11.8. The average molecular weight is 319 g/mol. The maximum Gasteiger partial charge on any atom is 0.241 e. The van der Waals surface area contributed by atoms with Crippen LogP contribution in [0.2, 0.25) is 0 Å². The van der Waals surface area contributed by atoms with Crippen molar-refractivity contribution < 1.29 is 18.3 Å². The third-order valence-electron chi connectivity index (χ3n) is 4.09. The fraction of sp³-hybridized carbons (Fsp3) is 0.692. The summed E-state index contributed by atoms with van der Waals surface area (Å²) in [7, 11) is -3.50. The van der Waals surface area contributed by atoms with Crippen molar-refractivity contribution in [1.29, 1.82) is 0 Å². The van der Waals surface area contributed by atoms with Crippen molar-refractivity contribution in [2.24, 2.45) is 5.41 Å². The molecule has 0 aromatic carbocycles. The summed E-state index contributed by atoms with van der Waals surface area (Å²) in [5, 5.41) is 14.0. The lowest BCUT2D eigenvalue weighted by molar-refractivity contribution is -0.129. The Hall–Kier alpha value is -0.470. The van der Waals surface area contributed by atoms with Crippen LogP contribution in [-0.2, 0) is 14.8 Å². The first-order valence-electron chi connectivity index (χ1n) is 6.59. The topological polar surface area (TPSA) is 75.6 Å². The minimum Gasteiger partial charge on any atom is -0.389 e. The molecule has 5 nitrogen and oxygen atoms in total. The van der Waals surface area contributed by atoms with E-state index in [1.54, 1.807) is 16.8 Å². The molecular formula is C13H21NO4S2. The molecule has 0 unspecified atom stereocenters. The Balaban J connectivity index is 2.05. The summed E-state index contributed by atoms with van der Waals surface area (Å²) in [5.41, 5.74) is -1.46. The normalized spacial score (nSPS) is 19.9. The lowest BCUT2D eigenvalue weighted by Gasteiger charge is -2.45. The highest BCUT2D eigenvalue weighted by Gasteiger charge is 2.44. The Morgan fingerprint density at radius 3 is 2.65 bits per heavy atom. The van der Waals surface area contributed by atoms with Crippen molar-refractivity contribution in [3.8, 4) is 0 Å². The summed E-state index contributed by atoms with van der Waals surface area (Å²) in [4.78, 5) is 0.275. The summed E-state index contributed by atoms with van der Waals surface area (Å²) in [6.07, 6.45) is 1.06. The van der Waals surface area contributed by atoms with E-state index in [0.717, 1.165) is 0 Å². The van der Waals surface area contributed by atoms with E-state index in [0.29, 0.717) is 26.1 Å². The third-order valence-corrected chi connectivity index (χ3v) is 6.32. The van der Waals surface area contributed by atoms with Crippen LogP contribution in [0.3, 0.4) is 0 Å². The molecule has 20 heavy (non-hydrogen) atoms. The van der Waals surface area contributed by atoms with Crippen LogP contribution in [0.4, 0.5) is 0 Å². The quantitative estimate of drug-likeness (QED) is 0.864. The molecule has 1 saturated heterocycles. The van der Waals surface area contributed by atoms with E-state index >= 15 is 0 Å². The fourth-order valence-electron chi connectivity index (χ4n) is 2.31. The minimum absolute atomic E-state index is 0.196. The molecule has 2 heterocycles. The molecule has 0 radical (unpaired) electrons. The van der Waals surface area contributed by atoms with Gasteiger partial charge in [0.25, 0.3) is 0 Å². The number of thiophene rings is 1. The number of aliphatic hydroxyl groups is 1. The van der Waals surface area contributed by atoms with Crippen LogP contribution in [0.25, 0.3) is 0 Å². The van der Waals surface area contributed by atoms with Gasteiger partial charge in [-0.25, -0.2) is 13.1 Å². The molecule has 2 N–H and O–H groups in total. The molecule has 0 bridgehead atoms. The highest BCUT2D eigenvalue weighted by Crippen LogP contribution is 2.38. The second-order valence-electron chi connectivity index (χ2n) is 5.81. The second kappa shape index (κ2) is 5.73. The second-order valence-corrected chi connectivity index (χ2v) is 8.36. The lowest BCUT2D eigenvalue weighted by Crippen LogP contribution is -2.53. The van der Waals surface area contributed by atoms with Gasteiger partial charge in [0.1, 0.15) is 0 Å². The van der Waals surface area contributed by atoms with E-state index in [4.69, 9.17) is 4.74 Å². The first-order chi connectivity index (χ1) is 9.27. The highest BCUT2D eigenvalue weighted by molar-refractivity contribution is 7.89. The molecular weight excluding hydrogens is 298 g/mol. The van der Waals surface area contributed by atoms with E-state index in [2.05, 4.69) is 4.72 Å². The highest BCUT2D eigenvalue weighted by atomic mass is 32.2. The molecule has 114 valence electrons. The lowest BCUT2D eigenvalue weighted by atomic mass is 9.70. The average Bonchev–Trinajstić information content (AvgIpc) is 2.92. The first kappa shape index (κ1) is 15.9. The zero-order chi connectivity index (χ0) is 14.9. The predicted octanol–water partition coefficient (Wildman–Crippen LogP) is 1.59. The molecule has 0 aliphatic carbocycles. The molecule has 0 amide bonds. The molecule has 1 fully saturated rings. The van der Waals surface area contributed by atoms with Gasteiger partial charge in [-0.1, -0.05) is 13.8 Å². The summed E-state index contributed by atoms with van der Waals surface area (Å²) in [6, 6.07) is 1.57. The number of hydrogen-bond donors (Lipinski definition) is 2. The number of nitrogens with one attached hydrogen (secondary N) is 1. The molecule has 1 aliphatic heterocycles. The number of rotatable bonds is 5. The third kappa shape index (κ3) is 3.23. The maximum absolute atomic E-state index is 12.1. The van der Waals surface area contributed by atoms with E-state index in [1.807, 2.05) is 13.8 Å². The summed E-state index contributed by atoms with van der Waals surface area (Å²) < 4.78 is 32.1. The Morgan fingerprint density at radius 2 is 2.10 bits per heavy atom. The van der Waals surface area contributed by atoms with Gasteiger partial charge >= 0.3 is 0 Å². The van der Waals surface area contributed by atoms with Crippen LogP contribution in [-0.4, -0.2) is 38.9 Å². The van der Waals surface area contributed by atoms with Gasteiger partial charge in [-0.3, -0.25) is 0 Å². The largest absolute Gasteiger partial charge is 0.389 e. The summed E-state index contributed by atoms with van der Waals surface area (Å²) in [5.74, 6) is 0. The number of hydrogen-bond acceptors (Lipinski definition) is 5. The van der Waals surface area contributed by atoms with Gasteiger partial charge in [-0.15, -0.1) is 0 Å². The van der Waals surface area contributed by atoms with Crippen molar-refractivity contribution in [1.82, 2.24) is 4.72 Å².